The summed E-state index contributed by atoms with van der Waals surface area (Å²) in [4.78, 5) is 0. The summed E-state index contributed by atoms with van der Waals surface area (Å²) >= 11 is 0. The van der Waals surface area contributed by atoms with E-state index in [4.69, 9.17) is 0 Å². The van der Waals surface area contributed by atoms with Crippen LogP contribution in [0.15, 0.2) is 133 Å². The first-order valence-corrected chi connectivity index (χ1v) is 26.7. The molecule has 6 aromatic rings. The number of rotatable bonds is 20. The summed E-state index contributed by atoms with van der Waals surface area (Å²) in [6.45, 7) is 23.8. The fourth-order valence-corrected chi connectivity index (χ4v) is 17.3. The average molecular weight is 845 g/mol. The summed E-state index contributed by atoms with van der Waals surface area (Å²) in [6, 6.07) is 54.6. The highest BCUT2D eigenvalue weighted by Crippen LogP contribution is 2.71. The van der Waals surface area contributed by atoms with Crippen molar-refractivity contribution < 1.29 is 0 Å². The van der Waals surface area contributed by atoms with Gasteiger partial charge in [0.1, 0.15) is 0 Å². The molecule has 0 spiro atoms. The Kier molecular flexibility index (Phi) is 16.8. The maximum atomic E-state index is 2.62. The molecule has 0 amide bonds. The third kappa shape index (κ3) is 10.4. The van der Waals surface area contributed by atoms with Gasteiger partial charge in [0.2, 0.25) is 0 Å². The highest BCUT2D eigenvalue weighted by molar-refractivity contribution is 7.74. The fraction of sp³-hybridized carbons (Fsp3) is 0.390. The summed E-state index contributed by atoms with van der Waals surface area (Å²) in [6.07, 6.45) is 10.5. The van der Waals surface area contributed by atoms with E-state index in [0.29, 0.717) is 0 Å². The smallest absolute Gasteiger partial charge is 0.0188 e. The van der Waals surface area contributed by atoms with E-state index in [9.17, 15) is 0 Å². The van der Waals surface area contributed by atoms with Crippen molar-refractivity contribution in [1.29, 1.82) is 0 Å². The standard InChI is InChI=1S/C59H74P2/c1-11-43-31-44(12-2)36-53(35-43)60(54-37-45(13-3)32-46(14-4)38-54)57(51-27-23-21-24-28-51)59(19-9,20-10)58(52-29-25-22-26-30-52)61(55-39-47(15-5)33-48(16-6)40-55)56-41-49(17-7)34-50(18-8)42-56/h21-42,57-58H,11-20H2,1-10H3. The van der Waals surface area contributed by atoms with E-state index in [0.717, 1.165) is 64.2 Å². The maximum Gasteiger partial charge on any atom is 0.0188 e. The lowest BCUT2D eigenvalue weighted by Crippen LogP contribution is -2.39. The van der Waals surface area contributed by atoms with Crippen LogP contribution < -0.4 is 21.2 Å². The van der Waals surface area contributed by atoms with Gasteiger partial charge >= 0.3 is 0 Å². The molecule has 2 atom stereocenters. The first-order chi connectivity index (χ1) is 29.7. The molecule has 0 radical (unpaired) electrons. The van der Waals surface area contributed by atoms with Gasteiger partial charge < -0.3 is 0 Å². The molecule has 2 heteroatoms. The van der Waals surface area contributed by atoms with Gasteiger partial charge in [-0.1, -0.05) is 203 Å². The fourth-order valence-electron chi connectivity index (χ4n) is 9.98. The summed E-state index contributed by atoms with van der Waals surface area (Å²) < 4.78 is 0. The number of hydrogen-bond acceptors (Lipinski definition) is 0. The summed E-state index contributed by atoms with van der Waals surface area (Å²) in [5.41, 5.74) is 15.1. The Bertz CT molecular complexity index is 1940. The van der Waals surface area contributed by atoms with Crippen LogP contribution >= 0.6 is 15.8 Å². The van der Waals surface area contributed by atoms with E-state index in [1.165, 1.54) is 55.6 Å². The Labute approximate surface area is 374 Å². The first kappa shape index (κ1) is 46.7. The third-order valence-electron chi connectivity index (χ3n) is 13.7. The van der Waals surface area contributed by atoms with Crippen LogP contribution in [0.5, 0.6) is 0 Å². The zero-order valence-electron chi connectivity index (χ0n) is 39.3. The highest BCUT2D eigenvalue weighted by atomic mass is 31.1. The van der Waals surface area contributed by atoms with E-state index >= 15 is 0 Å². The Morgan fingerprint density at radius 3 is 0.705 bits per heavy atom. The van der Waals surface area contributed by atoms with E-state index < -0.39 is 15.8 Å². The van der Waals surface area contributed by atoms with Crippen LogP contribution in [-0.2, 0) is 51.4 Å². The van der Waals surface area contributed by atoms with Crippen molar-refractivity contribution in [2.75, 3.05) is 0 Å². The van der Waals surface area contributed by atoms with Crippen LogP contribution in [0.3, 0.4) is 0 Å². The molecule has 320 valence electrons. The minimum absolute atomic E-state index is 0.119. The Hall–Kier alpha value is -3.82. The lowest BCUT2D eigenvalue weighted by atomic mass is 9.71. The molecule has 0 saturated heterocycles. The molecule has 6 rings (SSSR count). The third-order valence-corrected chi connectivity index (χ3v) is 19.6. The molecule has 61 heavy (non-hydrogen) atoms. The normalized spacial score (nSPS) is 12.9. The minimum atomic E-state index is -0.890. The maximum absolute atomic E-state index is 2.62. The minimum Gasteiger partial charge on any atom is -0.0648 e. The van der Waals surface area contributed by atoms with Crippen molar-refractivity contribution in [2.45, 2.75) is 145 Å². The molecule has 0 heterocycles. The van der Waals surface area contributed by atoms with Crippen LogP contribution in [-0.4, -0.2) is 0 Å². The SMILES string of the molecule is CCc1cc(CC)cc(P(c2cc(CC)cc(CC)c2)C(c2ccccc2)C(CC)(CC)C(c2ccccc2)P(c2cc(CC)cc(CC)c2)c2cc(CC)cc(CC)c2)c1. The highest BCUT2D eigenvalue weighted by Gasteiger charge is 2.51. The van der Waals surface area contributed by atoms with Gasteiger partial charge in [-0.05, 0) is 162 Å². The molecule has 0 nitrogen and oxygen atoms in total. The van der Waals surface area contributed by atoms with Crippen molar-refractivity contribution in [3.63, 3.8) is 0 Å². The summed E-state index contributed by atoms with van der Waals surface area (Å²) in [5.74, 6) is 0. The molecule has 0 N–H and O–H groups in total. The Balaban J connectivity index is 1.82. The largest absolute Gasteiger partial charge is 0.0648 e. The van der Waals surface area contributed by atoms with Gasteiger partial charge in [-0.25, -0.2) is 0 Å². The van der Waals surface area contributed by atoms with E-state index in [2.05, 4.69) is 203 Å². The van der Waals surface area contributed by atoms with Crippen molar-refractivity contribution in [3.05, 3.63) is 189 Å². The molecule has 0 bridgehead atoms. The number of benzene rings is 6. The topological polar surface area (TPSA) is 0 Å². The molecule has 0 aliphatic rings. The zero-order valence-corrected chi connectivity index (χ0v) is 41.1. The van der Waals surface area contributed by atoms with Crippen molar-refractivity contribution in [1.82, 2.24) is 0 Å². The van der Waals surface area contributed by atoms with Gasteiger partial charge in [0, 0.05) is 11.3 Å². The van der Waals surface area contributed by atoms with E-state index in [-0.39, 0.29) is 16.7 Å². The van der Waals surface area contributed by atoms with Crippen LogP contribution in [0, 0.1) is 5.41 Å². The molecule has 0 fully saturated rings. The van der Waals surface area contributed by atoms with Crippen LogP contribution in [0.2, 0.25) is 0 Å². The van der Waals surface area contributed by atoms with E-state index in [1.54, 1.807) is 21.2 Å². The Morgan fingerprint density at radius 2 is 0.525 bits per heavy atom. The summed E-state index contributed by atoms with van der Waals surface area (Å²) in [7, 11) is -1.78. The van der Waals surface area contributed by atoms with Crippen LogP contribution in [0.4, 0.5) is 0 Å². The van der Waals surface area contributed by atoms with Crippen LogP contribution in [0.1, 0.15) is 149 Å². The van der Waals surface area contributed by atoms with Gasteiger partial charge in [-0.2, -0.15) is 0 Å². The predicted octanol–water partition coefficient (Wildman–Crippen LogP) is 15.0. The second-order valence-electron chi connectivity index (χ2n) is 17.2. The van der Waals surface area contributed by atoms with E-state index in [1.807, 2.05) is 0 Å². The van der Waals surface area contributed by atoms with Crippen molar-refractivity contribution >= 4 is 37.1 Å². The molecule has 0 aliphatic carbocycles. The van der Waals surface area contributed by atoms with Crippen LogP contribution in [0.25, 0.3) is 0 Å². The van der Waals surface area contributed by atoms with Gasteiger partial charge in [0.05, 0.1) is 0 Å². The molecule has 0 aliphatic heterocycles. The van der Waals surface area contributed by atoms with Gasteiger partial charge in [0.25, 0.3) is 0 Å². The number of aryl methyl sites for hydroxylation is 8. The first-order valence-electron chi connectivity index (χ1n) is 23.9. The van der Waals surface area contributed by atoms with Crippen molar-refractivity contribution in [2.24, 2.45) is 5.41 Å². The quantitative estimate of drug-likeness (QED) is 0.0672. The average Bonchev–Trinajstić information content (AvgIpc) is 3.33. The predicted molar refractivity (Wildman–Crippen MR) is 275 cm³/mol. The van der Waals surface area contributed by atoms with Gasteiger partial charge in [-0.15, -0.1) is 0 Å². The zero-order chi connectivity index (χ0) is 43.5. The molecule has 0 saturated carbocycles. The number of hydrogen-bond donors (Lipinski definition) is 0. The molecular weight excluding hydrogens is 771 g/mol. The lowest BCUT2D eigenvalue weighted by Gasteiger charge is -2.52. The summed E-state index contributed by atoms with van der Waals surface area (Å²) in [5, 5.41) is 6.17. The monoisotopic (exact) mass is 845 g/mol. The van der Waals surface area contributed by atoms with Gasteiger partial charge in [-0.3, -0.25) is 0 Å². The molecular formula is C59H74P2. The molecule has 6 aromatic carbocycles. The molecule has 2 unspecified atom stereocenters. The lowest BCUT2D eigenvalue weighted by molar-refractivity contribution is 0.240. The molecule has 0 aromatic heterocycles. The second kappa shape index (κ2) is 22.0. The van der Waals surface area contributed by atoms with Crippen molar-refractivity contribution in [3.8, 4) is 0 Å². The Morgan fingerprint density at radius 1 is 0.311 bits per heavy atom. The second-order valence-corrected chi connectivity index (χ2v) is 21.7. The van der Waals surface area contributed by atoms with Gasteiger partial charge in [0.15, 0.2) is 0 Å².